The minimum Gasteiger partial charge on any atom is -0.478 e. The highest BCUT2D eigenvalue weighted by Crippen LogP contribution is 2.17. The molecule has 2 N–H and O–H groups in total. The fourth-order valence-electron chi connectivity index (χ4n) is 1.91. The molecule has 2 heterocycles. The van der Waals surface area contributed by atoms with Crippen LogP contribution in [0.4, 0.5) is 5.82 Å². The lowest BCUT2D eigenvalue weighted by molar-refractivity contribution is 0.0688. The fourth-order valence-corrected chi connectivity index (χ4v) is 1.91. The van der Waals surface area contributed by atoms with Gasteiger partial charge in [-0.3, -0.25) is 0 Å². The van der Waals surface area contributed by atoms with Gasteiger partial charge in [0.1, 0.15) is 11.4 Å². The van der Waals surface area contributed by atoms with E-state index in [0.29, 0.717) is 11.7 Å². The number of carboxylic acids is 1. The molecule has 1 saturated heterocycles. The number of anilines is 1. The number of rotatable bonds is 4. The maximum atomic E-state index is 11.0. The van der Waals surface area contributed by atoms with Gasteiger partial charge in [-0.25, -0.2) is 9.78 Å². The zero-order chi connectivity index (χ0) is 12.1. The van der Waals surface area contributed by atoms with Crippen LogP contribution in [0.1, 0.15) is 23.2 Å². The normalized spacial score (nSPS) is 16.7. The van der Waals surface area contributed by atoms with Crippen LogP contribution in [0.15, 0.2) is 18.3 Å². The minimum absolute atomic E-state index is 0.222. The van der Waals surface area contributed by atoms with E-state index in [0.717, 1.165) is 32.6 Å². The van der Waals surface area contributed by atoms with Gasteiger partial charge in [-0.2, -0.15) is 0 Å². The van der Waals surface area contributed by atoms with Crippen LogP contribution in [0.3, 0.4) is 0 Å². The monoisotopic (exact) mass is 236 g/mol. The third-order valence-corrected chi connectivity index (χ3v) is 2.94. The lowest BCUT2D eigenvalue weighted by Gasteiger charge is -2.22. The van der Waals surface area contributed by atoms with Crippen molar-refractivity contribution in [2.45, 2.75) is 12.8 Å². The molecule has 1 aromatic rings. The summed E-state index contributed by atoms with van der Waals surface area (Å²) in [6, 6.07) is 3.19. The summed E-state index contributed by atoms with van der Waals surface area (Å²) in [7, 11) is 0. The van der Waals surface area contributed by atoms with Gasteiger partial charge in [-0.05, 0) is 30.9 Å². The first-order valence-electron chi connectivity index (χ1n) is 5.77. The number of carbonyl (C=O) groups is 1. The van der Waals surface area contributed by atoms with Crippen molar-refractivity contribution < 1.29 is 14.6 Å². The van der Waals surface area contributed by atoms with Crippen LogP contribution in [-0.2, 0) is 4.74 Å². The molecule has 1 aliphatic heterocycles. The molecule has 1 aromatic heterocycles. The number of carboxylic acid groups (broad SMARTS) is 1. The van der Waals surface area contributed by atoms with E-state index < -0.39 is 5.97 Å². The Morgan fingerprint density at radius 3 is 3.00 bits per heavy atom. The van der Waals surface area contributed by atoms with Crippen molar-refractivity contribution in [3.05, 3.63) is 23.9 Å². The minimum atomic E-state index is -0.951. The molecule has 0 saturated carbocycles. The number of nitrogens with zero attached hydrogens (tertiary/aromatic N) is 1. The lowest BCUT2D eigenvalue weighted by Crippen LogP contribution is -2.23. The van der Waals surface area contributed by atoms with Crippen molar-refractivity contribution in [3.8, 4) is 0 Å². The van der Waals surface area contributed by atoms with Gasteiger partial charge in [0.25, 0.3) is 0 Å². The highest BCUT2D eigenvalue weighted by molar-refractivity contribution is 5.92. The largest absolute Gasteiger partial charge is 0.478 e. The Labute approximate surface area is 99.8 Å². The van der Waals surface area contributed by atoms with E-state index in [1.807, 2.05) is 0 Å². The summed E-state index contributed by atoms with van der Waals surface area (Å²) in [5.74, 6) is 0.0338. The zero-order valence-corrected chi connectivity index (χ0v) is 9.56. The predicted octanol–water partition coefficient (Wildman–Crippen LogP) is 1.62. The van der Waals surface area contributed by atoms with E-state index >= 15 is 0 Å². The van der Waals surface area contributed by atoms with Crippen LogP contribution in [0.25, 0.3) is 0 Å². The van der Waals surface area contributed by atoms with E-state index in [2.05, 4.69) is 10.3 Å². The summed E-state index contributed by atoms with van der Waals surface area (Å²) >= 11 is 0. The molecule has 5 nitrogen and oxygen atoms in total. The molecule has 0 spiro atoms. The van der Waals surface area contributed by atoms with Gasteiger partial charge in [0, 0.05) is 26.0 Å². The van der Waals surface area contributed by atoms with E-state index in [1.165, 1.54) is 0 Å². The zero-order valence-electron chi connectivity index (χ0n) is 9.56. The topological polar surface area (TPSA) is 71.5 Å². The molecule has 0 unspecified atom stereocenters. The Balaban J connectivity index is 1.96. The van der Waals surface area contributed by atoms with Crippen molar-refractivity contribution in [1.82, 2.24) is 4.98 Å². The average Bonchev–Trinajstić information content (AvgIpc) is 2.38. The number of hydrogen-bond donors (Lipinski definition) is 2. The third-order valence-electron chi connectivity index (χ3n) is 2.94. The van der Waals surface area contributed by atoms with Gasteiger partial charge in [-0.15, -0.1) is 0 Å². The summed E-state index contributed by atoms with van der Waals surface area (Å²) in [5, 5.41) is 12.1. The number of ether oxygens (including phenoxy) is 1. The van der Waals surface area contributed by atoms with E-state index in [1.54, 1.807) is 18.3 Å². The molecule has 0 atom stereocenters. The lowest BCUT2D eigenvalue weighted by atomic mass is 10.0. The van der Waals surface area contributed by atoms with Crippen LogP contribution >= 0.6 is 0 Å². The summed E-state index contributed by atoms with van der Waals surface area (Å²) in [4.78, 5) is 15.0. The van der Waals surface area contributed by atoms with Gasteiger partial charge >= 0.3 is 5.97 Å². The second-order valence-corrected chi connectivity index (χ2v) is 4.14. The summed E-state index contributed by atoms with van der Waals surface area (Å²) in [6.45, 7) is 2.33. The number of aromatic nitrogens is 1. The first-order chi connectivity index (χ1) is 8.27. The summed E-state index contributed by atoms with van der Waals surface area (Å²) in [5.41, 5.74) is 0.222. The molecule has 0 aliphatic carbocycles. The van der Waals surface area contributed by atoms with Crippen LogP contribution in [0, 0.1) is 5.92 Å². The Morgan fingerprint density at radius 1 is 1.53 bits per heavy atom. The van der Waals surface area contributed by atoms with E-state index in [-0.39, 0.29) is 5.56 Å². The molecule has 17 heavy (non-hydrogen) atoms. The van der Waals surface area contributed by atoms with Crippen LogP contribution < -0.4 is 5.32 Å². The molecule has 0 amide bonds. The number of nitrogens with one attached hydrogen (secondary N) is 1. The quantitative estimate of drug-likeness (QED) is 0.831. The Morgan fingerprint density at radius 2 is 2.29 bits per heavy atom. The predicted molar refractivity (Wildman–Crippen MR) is 63.2 cm³/mol. The Kier molecular flexibility index (Phi) is 3.93. The summed E-state index contributed by atoms with van der Waals surface area (Å²) in [6.07, 6.45) is 3.63. The fraction of sp³-hybridized carbons (Fsp3) is 0.500. The van der Waals surface area contributed by atoms with Crippen molar-refractivity contribution in [1.29, 1.82) is 0 Å². The van der Waals surface area contributed by atoms with Gasteiger partial charge in [0.15, 0.2) is 0 Å². The average molecular weight is 236 g/mol. The first-order valence-corrected chi connectivity index (χ1v) is 5.77. The molecule has 1 aliphatic rings. The maximum absolute atomic E-state index is 11.0. The highest BCUT2D eigenvalue weighted by Gasteiger charge is 2.15. The van der Waals surface area contributed by atoms with Gasteiger partial charge < -0.3 is 15.2 Å². The molecular formula is C12H16N2O3. The van der Waals surface area contributed by atoms with E-state index in [9.17, 15) is 4.79 Å². The Hall–Kier alpha value is -1.62. The molecule has 5 heteroatoms. The number of pyridine rings is 1. The standard InChI is InChI=1S/C12H16N2O3/c15-12(16)10-2-1-5-13-11(10)14-8-9-3-6-17-7-4-9/h1-2,5,9H,3-4,6-8H2,(H,13,14)(H,15,16). The molecule has 2 rings (SSSR count). The van der Waals surface area contributed by atoms with Crippen LogP contribution in [0.2, 0.25) is 0 Å². The first kappa shape index (κ1) is 11.9. The second-order valence-electron chi connectivity index (χ2n) is 4.14. The van der Waals surface area contributed by atoms with Gasteiger partial charge in [-0.1, -0.05) is 0 Å². The number of hydrogen-bond acceptors (Lipinski definition) is 4. The van der Waals surface area contributed by atoms with Crippen molar-refractivity contribution >= 4 is 11.8 Å². The maximum Gasteiger partial charge on any atom is 0.339 e. The van der Waals surface area contributed by atoms with Crippen LogP contribution in [0.5, 0.6) is 0 Å². The highest BCUT2D eigenvalue weighted by atomic mass is 16.5. The summed E-state index contributed by atoms with van der Waals surface area (Å²) < 4.78 is 5.28. The third kappa shape index (κ3) is 3.17. The van der Waals surface area contributed by atoms with Gasteiger partial charge in [0.2, 0.25) is 0 Å². The number of aromatic carboxylic acids is 1. The van der Waals surface area contributed by atoms with E-state index in [4.69, 9.17) is 9.84 Å². The Bertz CT molecular complexity index is 389. The van der Waals surface area contributed by atoms with Crippen molar-refractivity contribution in [2.75, 3.05) is 25.1 Å². The van der Waals surface area contributed by atoms with Gasteiger partial charge in [0.05, 0.1) is 0 Å². The molecular weight excluding hydrogens is 220 g/mol. The molecule has 0 bridgehead atoms. The second kappa shape index (κ2) is 5.63. The smallest absolute Gasteiger partial charge is 0.339 e. The SMILES string of the molecule is O=C(O)c1cccnc1NCC1CCOCC1. The van der Waals surface area contributed by atoms with Crippen molar-refractivity contribution in [3.63, 3.8) is 0 Å². The molecule has 1 fully saturated rings. The molecule has 0 radical (unpaired) electrons. The molecule has 92 valence electrons. The van der Waals surface area contributed by atoms with Crippen molar-refractivity contribution in [2.24, 2.45) is 5.92 Å². The van der Waals surface area contributed by atoms with Crippen LogP contribution in [-0.4, -0.2) is 35.8 Å². The molecule has 0 aromatic carbocycles.